The Morgan fingerprint density at radius 1 is 1.25 bits per heavy atom. The minimum absolute atomic E-state index is 0. The highest BCUT2D eigenvalue weighted by molar-refractivity contribution is 14.0. The molecule has 0 atom stereocenters. The first-order chi connectivity index (χ1) is 9.26. The summed E-state index contributed by atoms with van der Waals surface area (Å²) in [5.41, 5.74) is 1.12. The van der Waals surface area contributed by atoms with Gasteiger partial charge < -0.3 is 15.7 Å². The topological polar surface area (TPSA) is 56.7 Å². The molecule has 0 radical (unpaired) electrons. The zero-order chi connectivity index (χ0) is 13.9. The number of nitrogens with one attached hydrogen (secondary N) is 2. The summed E-state index contributed by atoms with van der Waals surface area (Å²) in [5.74, 6) is 1.19. The molecule has 0 fully saturated rings. The Labute approximate surface area is 139 Å². The first kappa shape index (κ1) is 19.0. The first-order valence-corrected chi connectivity index (χ1v) is 7.06. The van der Waals surface area contributed by atoms with Gasteiger partial charge in [-0.1, -0.05) is 25.5 Å². The SMILES string of the molecule is CCCCN=C(NCC)NCCc1cccc(O)c1.I. The molecule has 0 saturated carbocycles. The lowest BCUT2D eigenvalue weighted by Crippen LogP contribution is -2.38. The summed E-state index contributed by atoms with van der Waals surface area (Å²) >= 11 is 0. The Balaban J connectivity index is 0.00000361. The fraction of sp³-hybridized carbons (Fsp3) is 0.533. The highest BCUT2D eigenvalue weighted by atomic mass is 127. The van der Waals surface area contributed by atoms with Crippen molar-refractivity contribution in [2.75, 3.05) is 19.6 Å². The Hall–Kier alpha value is -0.980. The molecule has 1 aromatic rings. The van der Waals surface area contributed by atoms with Crippen LogP contribution in [0.15, 0.2) is 29.3 Å². The number of phenols is 1. The molecule has 114 valence electrons. The van der Waals surface area contributed by atoms with Crippen LogP contribution in [0.2, 0.25) is 0 Å². The Bertz CT molecular complexity index is 396. The fourth-order valence-corrected chi connectivity index (χ4v) is 1.73. The van der Waals surface area contributed by atoms with Crippen molar-refractivity contribution < 1.29 is 5.11 Å². The average Bonchev–Trinajstić information content (AvgIpc) is 2.39. The van der Waals surface area contributed by atoms with Crippen molar-refractivity contribution in [2.24, 2.45) is 4.99 Å². The van der Waals surface area contributed by atoms with Crippen molar-refractivity contribution in [1.82, 2.24) is 10.6 Å². The molecule has 0 aliphatic heterocycles. The number of aromatic hydroxyl groups is 1. The molecule has 3 N–H and O–H groups in total. The van der Waals surface area contributed by atoms with Crippen LogP contribution in [-0.4, -0.2) is 30.7 Å². The highest BCUT2D eigenvalue weighted by Gasteiger charge is 1.98. The molecule has 0 heterocycles. The van der Waals surface area contributed by atoms with Crippen LogP contribution in [0.3, 0.4) is 0 Å². The highest BCUT2D eigenvalue weighted by Crippen LogP contribution is 2.10. The summed E-state index contributed by atoms with van der Waals surface area (Å²) in [6.45, 7) is 6.76. The summed E-state index contributed by atoms with van der Waals surface area (Å²) in [6.07, 6.45) is 3.14. The summed E-state index contributed by atoms with van der Waals surface area (Å²) < 4.78 is 0. The molecule has 0 bridgehead atoms. The van der Waals surface area contributed by atoms with Gasteiger partial charge in [0.15, 0.2) is 5.96 Å². The van der Waals surface area contributed by atoms with E-state index in [-0.39, 0.29) is 24.0 Å². The predicted octanol–water partition coefficient (Wildman–Crippen LogP) is 2.91. The van der Waals surface area contributed by atoms with E-state index in [9.17, 15) is 5.11 Å². The van der Waals surface area contributed by atoms with Crippen LogP contribution in [-0.2, 0) is 6.42 Å². The predicted molar refractivity (Wildman–Crippen MR) is 96.1 cm³/mol. The molecule has 1 aromatic carbocycles. The molecular formula is C15H26IN3O. The molecule has 5 heteroatoms. The molecule has 0 aliphatic rings. The van der Waals surface area contributed by atoms with Crippen LogP contribution in [0.5, 0.6) is 5.75 Å². The van der Waals surface area contributed by atoms with Gasteiger partial charge in [-0.05, 0) is 37.5 Å². The van der Waals surface area contributed by atoms with E-state index in [4.69, 9.17) is 0 Å². The Morgan fingerprint density at radius 2 is 2.05 bits per heavy atom. The minimum atomic E-state index is 0. The van der Waals surface area contributed by atoms with Crippen molar-refractivity contribution in [2.45, 2.75) is 33.1 Å². The summed E-state index contributed by atoms with van der Waals surface area (Å²) in [4.78, 5) is 4.50. The average molecular weight is 391 g/mol. The number of guanidine groups is 1. The van der Waals surface area contributed by atoms with E-state index in [2.05, 4.69) is 29.5 Å². The molecular weight excluding hydrogens is 365 g/mol. The Morgan fingerprint density at radius 3 is 2.70 bits per heavy atom. The number of aliphatic imine (C=N–C) groups is 1. The number of nitrogens with zero attached hydrogens (tertiary/aromatic N) is 1. The van der Waals surface area contributed by atoms with E-state index in [1.54, 1.807) is 12.1 Å². The van der Waals surface area contributed by atoms with E-state index >= 15 is 0 Å². The molecule has 0 aromatic heterocycles. The van der Waals surface area contributed by atoms with Crippen LogP contribution in [0.4, 0.5) is 0 Å². The lowest BCUT2D eigenvalue weighted by Gasteiger charge is -2.11. The van der Waals surface area contributed by atoms with Crippen LogP contribution in [0.25, 0.3) is 0 Å². The zero-order valence-electron chi connectivity index (χ0n) is 12.4. The molecule has 0 aliphatic carbocycles. The third-order valence-electron chi connectivity index (χ3n) is 2.74. The second kappa shape index (κ2) is 11.8. The van der Waals surface area contributed by atoms with Gasteiger partial charge in [-0.2, -0.15) is 0 Å². The van der Waals surface area contributed by atoms with E-state index < -0.39 is 0 Å². The third-order valence-corrected chi connectivity index (χ3v) is 2.74. The molecule has 1 rings (SSSR count). The van der Waals surface area contributed by atoms with Crippen molar-refractivity contribution >= 4 is 29.9 Å². The van der Waals surface area contributed by atoms with Gasteiger partial charge in [-0.15, -0.1) is 24.0 Å². The van der Waals surface area contributed by atoms with Crippen molar-refractivity contribution in [3.8, 4) is 5.75 Å². The second-order valence-electron chi connectivity index (χ2n) is 4.46. The molecule has 0 unspecified atom stereocenters. The maximum atomic E-state index is 9.39. The number of halogens is 1. The van der Waals surface area contributed by atoms with E-state index in [1.165, 1.54) is 0 Å². The maximum absolute atomic E-state index is 9.39. The smallest absolute Gasteiger partial charge is 0.191 e. The molecule has 4 nitrogen and oxygen atoms in total. The lowest BCUT2D eigenvalue weighted by molar-refractivity contribution is 0.474. The van der Waals surface area contributed by atoms with Crippen LogP contribution >= 0.6 is 24.0 Å². The lowest BCUT2D eigenvalue weighted by atomic mass is 10.1. The normalized spacial score (nSPS) is 10.8. The number of rotatable bonds is 7. The fourth-order valence-electron chi connectivity index (χ4n) is 1.73. The van der Waals surface area contributed by atoms with Gasteiger partial charge in [0.25, 0.3) is 0 Å². The van der Waals surface area contributed by atoms with Gasteiger partial charge in [-0.25, -0.2) is 0 Å². The summed E-state index contributed by atoms with van der Waals surface area (Å²) in [5, 5.41) is 15.9. The molecule has 20 heavy (non-hydrogen) atoms. The van der Waals surface area contributed by atoms with Gasteiger partial charge in [0, 0.05) is 19.6 Å². The number of hydrogen-bond acceptors (Lipinski definition) is 2. The first-order valence-electron chi connectivity index (χ1n) is 7.06. The van der Waals surface area contributed by atoms with Crippen molar-refractivity contribution in [3.05, 3.63) is 29.8 Å². The third kappa shape index (κ3) is 8.24. The van der Waals surface area contributed by atoms with Crippen LogP contribution < -0.4 is 10.6 Å². The summed E-state index contributed by atoms with van der Waals surface area (Å²) in [7, 11) is 0. The van der Waals surface area contributed by atoms with Crippen molar-refractivity contribution in [3.63, 3.8) is 0 Å². The quantitative estimate of drug-likeness (QED) is 0.290. The van der Waals surface area contributed by atoms with Gasteiger partial charge in [0.2, 0.25) is 0 Å². The maximum Gasteiger partial charge on any atom is 0.191 e. The summed E-state index contributed by atoms with van der Waals surface area (Å²) in [6, 6.07) is 7.36. The van der Waals surface area contributed by atoms with Gasteiger partial charge in [-0.3, -0.25) is 4.99 Å². The van der Waals surface area contributed by atoms with E-state index in [0.29, 0.717) is 5.75 Å². The second-order valence-corrected chi connectivity index (χ2v) is 4.46. The van der Waals surface area contributed by atoms with Crippen LogP contribution in [0, 0.1) is 0 Å². The number of benzene rings is 1. The Kier molecular flexibility index (Phi) is 11.2. The molecule has 0 amide bonds. The number of hydrogen-bond donors (Lipinski definition) is 3. The van der Waals surface area contributed by atoms with Crippen molar-refractivity contribution in [1.29, 1.82) is 0 Å². The standard InChI is InChI=1S/C15H25N3O.HI/c1-3-5-10-17-15(16-4-2)18-11-9-13-7-6-8-14(19)12-13;/h6-8,12,19H,3-5,9-11H2,1-2H3,(H2,16,17,18);1H. The molecule has 0 saturated heterocycles. The largest absolute Gasteiger partial charge is 0.508 e. The van der Waals surface area contributed by atoms with Gasteiger partial charge in [0.05, 0.1) is 0 Å². The van der Waals surface area contributed by atoms with Gasteiger partial charge >= 0.3 is 0 Å². The zero-order valence-corrected chi connectivity index (χ0v) is 14.7. The number of phenolic OH excluding ortho intramolecular Hbond substituents is 1. The van der Waals surface area contributed by atoms with Gasteiger partial charge in [0.1, 0.15) is 5.75 Å². The van der Waals surface area contributed by atoms with E-state index in [1.807, 2.05) is 12.1 Å². The monoisotopic (exact) mass is 391 g/mol. The van der Waals surface area contributed by atoms with E-state index in [0.717, 1.165) is 50.4 Å². The molecule has 0 spiro atoms. The number of unbranched alkanes of at least 4 members (excludes halogenated alkanes) is 1. The minimum Gasteiger partial charge on any atom is -0.508 e. The van der Waals surface area contributed by atoms with Crippen LogP contribution in [0.1, 0.15) is 32.3 Å².